The maximum Gasteiger partial charge on any atom is 0.411 e. The van der Waals surface area contributed by atoms with Crippen molar-refractivity contribution in [2.45, 2.75) is 70.6 Å². The minimum atomic E-state index is -0.504. The Balaban J connectivity index is 1.29. The van der Waals surface area contributed by atoms with Crippen molar-refractivity contribution in [3.8, 4) is 22.4 Å². The van der Waals surface area contributed by atoms with Crippen LogP contribution in [0.4, 0.5) is 4.79 Å². The molecule has 1 aromatic heterocycles. The number of ether oxygens (including phenoxy) is 1. The van der Waals surface area contributed by atoms with Crippen LogP contribution < -0.4 is 0 Å². The number of carbonyl (C=O) groups is 1. The van der Waals surface area contributed by atoms with Gasteiger partial charge in [-0.3, -0.25) is 4.90 Å². The monoisotopic (exact) mass is 519 g/mol. The number of H-pyrrole nitrogens is 1. The number of amides is 1. The molecule has 1 aliphatic heterocycles. The predicted molar refractivity (Wildman–Crippen MR) is 137 cm³/mol. The van der Waals surface area contributed by atoms with Gasteiger partial charge in [-0.05, 0) is 105 Å². The van der Waals surface area contributed by atoms with Gasteiger partial charge in [-0.15, -0.1) is 0 Å². The van der Waals surface area contributed by atoms with Crippen molar-refractivity contribution in [2.75, 3.05) is 0 Å². The Bertz CT molecular complexity index is 1270. The summed E-state index contributed by atoms with van der Waals surface area (Å²) in [6, 6.07) is 13.5. The van der Waals surface area contributed by atoms with Crippen molar-refractivity contribution in [3.63, 3.8) is 0 Å². The highest BCUT2D eigenvalue weighted by molar-refractivity contribution is 9.10. The summed E-state index contributed by atoms with van der Waals surface area (Å²) in [7, 11) is 0. The molecule has 34 heavy (non-hydrogen) atoms. The van der Waals surface area contributed by atoms with Crippen LogP contribution in [-0.4, -0.2) is 32.6 Å². The van der Waals surface area contributed by atoms with E-state index in [1.807, 2.05) is 31.9 Å². The standard InChI is InChI=1S/C28H30BrN3O2/c1-28(2,3)34-27(33)32-21-9-6-19(14-21)25(32)26-30-15-24(31-26)18-7-10-22-16(12-18)4-5-17-13-20(29)8-11-23(17)22/h7-8,10-13,15,19,21,25H,4-6,9,14H2,1-3H3,(H,30,31). The average Bonchev–Trinajstić information content (AvgIpc) is 3.53. The first-order chi connectivity index (χ1) is 16.3. The number of piperidine rings is 1. The summed E-state index contributed by atoms with van der Waals surface area (Å²) >= 11 is 3.60. The number of halogens is 1. The first-order valence-corrected chi connectivity index (χ1v) is 13.0. The Morgan fingerprint density at radius 2 is 1.82 bits per heavy atom. The summed E-state index contributed by atoms with van der Waals surface area (Å²) in [5, 5.41) is 0. The van der Waals surface area contributed by atoms with Gasteiger partial charge in [0.25, 0.3) is 0 Å². The van der Waals surface area contributed by atoms with Crippen LogP contribution in [0.1, 0.15) is 63.0 Å². The lowest BCUT2D eigenvalue weighted by Gasteiger charge is -2.35. The van der Waals surface area contributed by atoms with Gasteiger partial charge in [0.05, 0.1) is 17.9 Å². The smallest absolute Gasteiger partial charge is 0.411 e. The van der Waals surface area contributed by atoms with E-state index in [2.05, 4.69) is 57.3 Å². The molecule has 5 nitrogen and oxygen atoms in total. The molecule has 2 bridgehead atoms. The second-order valence-electron chi connectivity index (χ2n) is 10.9. The molecule has 0 radical (unpaired) electrons. The SMILES string of the molecule is CC(C)(C)OC(=O)N1C2CCC(C2)C1c1ncc(-c2ccc3c(c2)CCc2cc(Br)ccc2-3)[nH]1. The Morgan fingerprint density at radius 3 is 2.59 bits per heavy atom. The van der Waals surface area contributed by atoms with E-state index < -0.39 is 5.60 Å². The van der Waals surface area contributed by atoms with Crippen LogP contribution in [0.25, 0.3) is 22.4 Å². The number of imidazole rings is 1. The largest absolute Gasteiger partial charge is 0.444 e. The van der Waals surface area contributed by atoms with Gasteiger partial charge < -0.3 is 9.72 Å². The summed E-state index contributed by atoms with van der Waals surface area (Å²) in [5.74, 6) is 1.32. The van der Waals surface area contributed by atoms with Gasteiger partial charge in [0.2, 0.25) is 0 Å². The predicted octanol–water partition coefficient (Wildman–Crippen LogP) is 7.07. The summed E-state index contributed by atoms with van der Waals surface area (Å²) in [6.07, 6.45) is 7.01. The maximum atomic E-state index is 13.1. The topological polar surface area (TPSA) is 58.2 Å². The lowest BCUT2D eigenvalue weighted by molar-refractivity contribution is 0.00620. The van der Waals surface area contributed by atoms with Crippen molar-refractivity contribution in [1.82, 2.24) is 14.9 Å². The number of rotatable bonds is 2. The van der Waals surface area contributed by atoms with Crippen LogP contribution in [0, 0.1) is 5.92 Å². The summed E-state index contributed by atoms with van der Waals surface area (Å²) in [4.78, 5) is 23.3. The van der Waals surface area contributed by atoms with Crippen LogP contribution in [0.2, 0.25) is 0 Å². The number of aromatic amines is 1. The van der Waals surface area contributed by atoms with E-state index >= 15 is 0 Å². The Hall–Kier alpha value is -2.60. The highest BCUT2D eigenvalue weighted by Crippen LogP contribution is 2.50. The third-order valence-electron chi connectivity index (χ3n) is 7.50. The average molecular weight is 520 g/mol. The van der Waals surface area contributed by atoms with Gasteiger partial charge in [-0.1, -0.05) is 34.1 Å². The summed E-state index contributed by atoms with van der Waals surface area (Å²) < 4.78 is 6.89. The van der Waals surface area contributed by atoms with E-state index in [1.165, 1.54) is 22.3 Å². The summed E-state index contributed by atoms with van der Waals surface area (Å²) in [6.45, 7) is 5.77. The van der Waals surface area contributed by atoms with Gasteiger partial charge in [0.15, 0.2) is 0 Å². The first-order valence-electron chi connectivity index (χ1n) is 12.3. The molecule has 2 aromatic carbocycles. The first kappa shape index (κ1) is 21.9. The summed E-state index contributed by atoms with van der Waals surface area (Å²) in [5.41, 5.74) is 7.07. The molecular formula is C28H30BrN3O2. The number of benzene rings is 2. The maximum absolute atomic E-state index is 13.1. The van der Waals surface area contributed by atoms with Crippen molar-refractivity contribution >= 4 is 22.0 Å². The van der Waals surface area contributed by atoms with Crippen molar-refractivity contribution in [3.05, 3.63) is 64.0 Å². The zero-order valence-electron chi connectivity index (χ0n) is 19.9. The minimum Gasteiger partial charge on any atom is -0.444 e. The van der Waals surface area contributed by atoms with E-state index in [-0.39, 0.29) is 18.2 Å². The second kappa shape index (κ2) is 7.98. The molecule has 2 aliphatic carbocycles. The molecule has 176 valence electrons. The fraction of sp³-hybridized carbons (Fsp3) is 0.429. The number of likely N-dealkylation sites (tertiary alicyclic amines) is 1. The third kappa shape index (κ3) is 3.76. The van der Waals surface area contributed by atoms with E-state index in [4.69, 9.17) is 9.72 Å². The highest BCUT2D eigenvalue weighted by Gasteiger charge is 2.51. The molecule has 1 N–H and O–H groups in total. The van der Waals surface area contributed by atoms with Crippen molar-refractivity contribution in [2.24, 2.45) is 5.92 Å². The van der Waals surface area contributed by atoms with Gasteiger partial charge in [-0.25, -0.2) is 9.78 Å². The molecule has 3 unspecified atom stereocenters. The normalized spacial score (nSPS) is 23.1. The molecule has 3 atom stereocenters. The second-order valence-corrected chi connectivity index (χ2v) is 11.8. The van der Waals surface area contributed by atoms with Crippen LogP contribution in [0.3, 0.4) is 0 Å². The fourth-order valence-corrected chi connectivity index (χ4v) is 6.49. The van der Waals surface area contributed by atoms with Crippen LogP contribution >= 0.6 is 15.9 Å². The number of hydrogen-bond donors (Lipinski definition) is 1. The number of carbonyl (C=O) groups excluding carboxylic acids is 1. The number of aromatic nitrogens is 2. The zero-order chi connectivity index (χ0) is 23.6. The molecule has 3 aliphatic rings. The lowest BCUT2D eigenvalue weighted by atomic mass is 9.84. The Labute approximate surface area is 209 Å². The molecule has 1 amide bonds. The van der Waals surface area contributed by atoms with E-state index in [9.17, 15) is 4.79 Å². The van der Waals surface area contributed by atoms with Gasteiger partial charge in [0, 0.05) is 10.5 Å². The number of nitrogens with one attached hydrogen (secondary N) is 1. The lowest BCUT2D eigenvalue weighted by Crippen LogP contribution is -2.43. The van der Waals surface area contributed by atoms with Gasteiger partial charge in [0.1, 0.15) is 11.4 Å². The van der Waals surface area contributed by atoms with Crippen molar-refractivity contribution < 1.29 is 9.53 Å². The molecule has 1 saturated carbocycles. The molecule has 3 aromatic rings. The van der Waals surface area contributed by atoms with Crippen LogP contribution in [0.15, 0.2) is 47.1 Å². The zero-order valence-corrected chi connectivity index (χ0v) is 21.5. The number of aryl methyl sites for hydroxylation is 2. The van der Waals surface area contributed by atoms with E-state index in [1.54, 1.807) is 0 Å². The quantitative estimate of drug-likeness (QED) is 0.393. The number of nitrogens with zero attached hydrogens (tertiary/aromatic N) is 2. The highest BCUT2D eigenvalue weighted by atomic mass is 79.9. The Kier molecular flexibility index (Phi) is 5.14. The van der Waals surface area contributed by atoms with E-state index in [0.29, 0.717) is 5.92 Å². The molecule has 6 rings (SSSR count). The molecular weight excluding hydrogens is 490 g/mol. The molecule has 0 spiro atoms. The third-order valence-corrected chi connectivity index (χ3v) is 8.00. The molecule has 2 heterocycles. The fourth-order valence-electron chi connectivity index (χ4n) is 6.08. The van der Waals surface area contributed by atoms with Gasteiger partial charge in [-0.2, -0.15) is 0 Å². The molecule has 6 heteroatoms. The Morgan fingerprint density at radius 1 is 1.09 bits per heavy atom. The number of hydrogen-bond acceptors (Lipinski definition) is 3. The minimum absolute atomic E-state index is 0.0368. The van der Waals surface area contributed by atoms with Crippen molar-refractivity contribution in [1.29, 1.82) is 0 Å². The van der Waals surface area contributed by atoms with Gasteiger partial charge >= 0.3 is 6.09 Å². The van der Waals surface area contributed by atoms with E-state index in [0.717, 1.165) is 53.7 Å². The molecule has 2 fully saturated rings. The van der Waals surface area contributed by atoms with Crippen LogP contribution in [0.5, 0.6) is 0 Å². The number of fused-ring (bicyclic) bond motifs is 5. The van der Waals surface area contributed by atoms with Crippen LogP contribution in [-0.2, 0) is 17.6 Å². The molecule has 1 saturated heterocycles.